The number of fused-ring (bicyclic) bond motifs is 1. The third-order valence-electron chi connectivity index (χ3n) is 2.96. The van der Waals surface area contributed by atoms with E-state index in [0.717, 1.165) is 5.69 Å². The Balaban J connectivity index is 1.80. The van der Waals surface area contributed by atoms with Crippen LogP contribution in [0.2, 0.25) is 0 Å². The fourth-order valence-electron chi connectivity index (χ4n) is 1.97. The highest BCUT2D eigenvalue weighted by atomic mass is 79.9. The molecular weight excluding hydrogens is 325 g/mol. The number of halogens is 2. The van der Waals surface area contributed by atoms with Crippen molar-refractivity contribution in [1.82, 2.24) is 0 Å². The molecule has 3 aromatic rings. The van der Waals surface area contributed by atoms with Gasteiger partial charge in [-0.3, -0.25) is 0 Å². The Morgan fingerprint density at radius 3 is 2.84 bits per heavy atom. The molecule has 19 heavy (non-hydrogen) atoms. The first-order valence-electron chi connectivity index (χ1n) is 5.88. The maximum Gasteiger partial charge on any atom is 0.139 e. The molecule has 0 saturated heterocycles. The second-order valence-corrected chi connectivity index (χ2v) is 6.01. The molecule has 0 atom stereocenters. The van der Waals surface area contributed by atoms with Crippen LogP contribution in [0, 0.1) is 5.82 Å². The lowest BCUT2D eigenvalue weighted by molar-refractivity contribution is 0.621. The minimum atomic E-state index is -0.250. The molecule has 96 valence electrons. The van der Waals surface area contributed by atoms with Crippen molar-refractivity contribution in [2.24, 2.45) is 0 Å². The SMILES string of the molecule is Fc1cc(NCc2csc3ccccc23)ccc1Br. The van der Waals surface area contributed by atoms with Gasteiger partial charge in [-0.25, -0.2) is 4.39 Å². The molecule has 0 fully saturated rings. The Morgan fingerprint density at radius 1 is 1.16 bits per heavy atom. The Hall–Kier alpha value is -1.39. The number of benzene rings is 2. The Morgan fingerprint density at radius 2 is 2.00 bits per heavy atom. The van der Waals surface area contributed by atoms with Crippen LogP contribution in [0.25, 0.3) is 10.1 Å². The minimum absolute atomic E-state index is 0.250. The summed E-state index contributed by atoms with van der Waals surface area (Å²) in [7, 11) is 0. The van der Waals surface area contributed by atoms with Gasteiger partial charge in [0.25, 0.3) is 0 Å². The van der Waals surface area contributed by atoms with E-state index in [1.807, 2.05) is 18.2 Å². The molecule has 0 aliphatic rings. The van der Waals surface area contributed by atoms with Crippen molar-refractivity contribution in [2.45, 2.75) is 6.54 Å². The normalized spacial score (nSPS) is 10.8. The Labute approximate surface area is 123 Å². The highest BCUT2D eigenvalue weighted by Gasteiger charge is 2.04. The first-order chi connectivity index (χ1) is 9.24. The lowest BCUT2D eigenvalue weighted by atomic mass is 10.2. The summed E-state index contributed by atoms with van der Waals surface area (Å²) in [4.78, 5) is 0. The van der Waals surface area contributed by atoms with Gasteiger partial charge in [-0.1, -0.05) is 18.2 Å². The summed E-state index contributed by atoms with van der Waals surface area (Å²) in [5.41, 5.74) is 2.03. The van der Waals surface area contributed by atoms with Gasteiger partial charge in [0.2, 0.25) is 0 Å². The first-order valence-corrected chi connectivity index (χ1v) is 7.55. The highest BCUT2D eigenvalue weighted by Crippen LogP contribution is 2.26. The standard InChI is InChI=1S/C15H11BrFNS/c16-13-6-5-11(7-14(13)17)18-8-10-9-19-15-4-2-1-3-12(10)15/h1-7,9,18H,8H2. The molecule has 1 heterocycles. The zero-order chi connectivity index (χ0) is 13.2. The van der Waals surface area contributed by atoms with E-state index >= 15 is 0 Å². The van der Waals surface area contributed by atoms with Crippen molar-refractivity contribution in [1.29, 1.82) is 0 Å². The van der Waals surface area contributed by atoms with Gasteiger partial charge < -0.3 is 5.32 Å². The summed E-state index contributed by atoms with van der Waals surface area (Å²) in [5, 5.41) is 6.66. The molecule has 0 aliphatic heterocycles. The predicted octanol–water partition coefficient (Wildman–Crippen LogP) is 5.42. The average Bonchev–Trinajstić information content (AvgIpc) is 2.83. The van der Waals surface area contributed by atoms with Gasteiger partial charge in [0, 0.05) is 16.9 Å². The molecule has 4 heteroatoms. The molecule has 0 aliphatic carbocycles. The van der Waals surface area contributed by atoms with E-state index in [4.69, 9.17) is 0 Å². The molecule has 0 spiro atoms. The number of rotatable bonds is 3. The van der Waals surface area contributed by atoms with Crippen molar-refractivity contribution >= 4 is 43.0 Å². The van der Waals surface area contributed by atoms with Crippen LogP contribution >= 0.6 is 27.3 Å². The van der Waals surface area contributed by atoms with Gasteiger partial charge in [0.15, 0.2) is 0 Å². The van der Waals surface area contributed by atoms with Crippen molar-refractivity contribution < 1.29 is 4.39 Å². The van der Waals surface area contributed by atoms with Gasteiger partial charge in [0.05, 0.1) is 4.47 Å². The minimum Gasteiger partial charge on any atom is -0.381 e. The molecule has 0 unspecified atom stereocenters. The van der Waals surface area contributed by atoms with Crippen LogP contribution in [0.15, 0.2) is 52.3 Å². The van der Waals surface area contributed by atoms with Crippen molar-refractivity contribution in [2.75, 3.05) is 5.32 Å². The Kier molecular flexibility index (Phi) is 3.53. The second kappa shape index (κ2) is 5.31. The number of thiophene rings is 1. The topological polar surface area (TPSA) is 12.0 Å². The predicted molar refractivity (Wildman–Crippen MR) is 83.3 cm³/mol. The lowest BCUT2D eigenvalue weighted by Gasteiger charge is -2.06. The van der Waals surface area contributed by atoms with E-state index in [2.05, 4.69) is 38.8 Å². The van der Waals surface area contributed by atoms with Crippen LogP contribution in [0.1, 0.15) is 5.56 Å². The fourth-order valence-corrected chi connectivity index (χ4v) is 3.18. The van der Waals surface area contributed by atoms with Gasteiger partial charge in [-0.2, -0.15) is 0 Å². The fraction of sp³-hybridized carbons (Fsp3) is 0.0667. The van der Waals surface area contributed by atoms with Crippen molar-refractivity contribution in [3.8, 4) is 0 Å². The van der Waals surface area contributed by atoms with E-state index in [1.165, 1.54) is 21.7 Å². The van der Waals surface area contributed by atoms with Gasteiger partial charge in [-0.15, -0.1) is 11.3 Å². The monoisotopic (exact) mass is 335 g/mol. The first kappa shape index (κ1) is 12.6. The summed E-state index contributed by atoms with van der Waals surface area (Å²) in [6.45, 7) is 0.699. The van der Waals surface area contributed by atoms with E-state index in [0.29, 0.717) is 11.0 Å². The zero-order valence-corrected chi connectivity index (χ0v) is 12.4. The maximum absolute atomic E-state index is 13.4. The number of hydrogen-bond donors (Lipinski definition) is 1. The lowest BCUT2D eigenvalue weighted by Crippen LogP contribution is -1.98. The highest BCUT2D eigenvalue weighted by molar-refractivity contribution is 9.10. The van der Waals surface area contributed by atoms with Gasteiger partial charge in [-0.05, 0) is 56.5 Å². The van der Waals surface area contributed by atoms with E-state index in [9.17, 15) is 4.39 Å². The molecule has 0 saturated carbocycles. The summed E-state index contributed by atoms with van der Waals surface area (Å²) < 4.78 is 15.2. The zero-order valence-electron chi connectivity index (χ0n) is 9.99. The van der Waals surface area contributed by atoms with Crippen LogP contribution in [0.5, 0.6) is 0 Å². The maximum atomic E-state index is 13.4. The molecule has 0 amide bonds. The number of anilines is 1. The average molecular weight is 336 g/mol. The number of nitrogens with one attached hydrogen (secondary N) is 1. The van der Waals surface area contributed by atoms with E-state index in [1.54, 1.807) is 17.4 Å². The molecular formula is C15H11BrFNS. The molecule has 1 N–H and O–H groups in total. The van der Waals surface area contributed by atoms with Crippen LogP contribution in [-0.2, 0) is 6.54 Å². The quantitative estimate of drug-likeness (QED) is 0.674. The second-order valence-electron chi connectivity index (χ2n) is 4.24. The Bertz CT molecular complexity index is 723. The molecule has 1 aromatic heterocycles. The summed E-state index contributed by atoms with van der Waals surface area (Å²) in [5.74, 6) is -0.250. The van der Waals surface area contributed by atoms with Crippen molar-refractivity contribution in [3.63, 3.8) is 0 Å². The van der Waals surface area contributed by atoms with E-state index < -0.39 is 0 Å². The molecule has 3 rings (SSSR count). The van der Waals surface area contributed by atoms with Crippen LogP contribution in [-0.4, -0.2) is 0 Å². The summed E-state index contributed by atoms with van der Waals surface area (Å²) in [6.07, 6.45) is 0. The molecule has 2 aromatic carbocycles. The summed E-state index contributed by atoms with van der Waals surface area (Å²) >= 11 is 4.88. The molecule has 0 radical (unpaired) electrons. The summed E-state index contributed by atoms with van der Waals surface area (Å²) in [6, 6.07) is 13.4. The van der Waals surface area contributed by atoms with Crippen LogP contribution < -0.4 is 5.32 Å². The van der Waals surface area contributed by atoms with Crippen LogP contribution in [0.3, 0.4) is 0 Å². The smallest absolute Gasteiger partial charge is 0.139 e. The van der Waals surface area contributed by atoms with Gasteiger partial charge >= 0.3 is 0 Å². The largest absolute Gasteiger partial charge is 0.381 e. The third kappa shape index (κ3) is 2.65. The van der Waals surface area contributed by atoms with Crippen LogP contribution in [0.4, 0.5) is 10.1 Å². The third-order valence-corrected chi connectivity index (χ3v) is 4.62. The van der Waals surface area contributed by atoms with E-state index in [-0.39, 0.29) is 5.82 Å². The molecule has 0 bridgehead atoms. The van der Waals surface area contributed by atoms with Crippen molar-refractivity contribution in [3.05, 3.63) is 63.7 Å². The van der Waals surface area contributed by atoms with Gasteiger partial charge in [0.1, 0.15) is 5.82 Å². The number of hydrogen-bond acceptors (Lipinski definition) is 2. The molecule has 1 nitrogen and oxygen atoms in total.